The van der Waals surface area contributed by atoms with Gasteiger partial charge in [0.15, 0.2) is 11.4 Å². The van der Waals surface area contributed by atoms with Crippen molar-refractivity contribution in [2.45, 2.75) is 32.7 Å². The number of piperazine rings is 1. The molecule has 5 heterocycles. The number of benzene rings is 1. The van der Waals surface area contributed by atoms with Crippen molar-refractivity contribution >= 4 is 22.6 Å². The number of aromatic nitrogens is 6. The van der Waals surface area contributed by atoms with Gasteiger partial charge >= 0.3 is 5.69 Å². The normalized spacial score (nSPS) is 16.5. The minimum Gasteiger partial charge on any atom is -0.494 e. The van der Waals surface area contributed by atoms with Crippen LogP contribution in [0, 0.1) is 5.92 Å². The van der Waals surface area contributed by atoms with Crippen molar-refractivity contribution in [1.82, 2.24) is 34.0 Å². The highest BCUT2D eigenvalue weighted by Gasteiger charge is 2.26. The zero-order chi connectivity index (χ0) is 26.3. The Bertz CT molecular complexity index is 1640. The Morgan fingerprint density at radius 3 is 2.56 bits per heavy atom. The molecular formula is C28H32N8O3. The molecule has 11 heteroatoms. The van der Waals surface area contributed by atoms with E-state index in [1.165, 1.54) is 18.5 Å². The number of furan rings is 1. The van der Waals surface area contributed by atoms with Crippen LogP contribution in [-0.2, 0) is 13.0 Å². The van der Waals surface area contributed by atoms with Crippen molar-refractivity contribution in [2.24, 2.45) is 5.92 Å². The molecule has 0 spiro atoms. The van der Waals surface area contributed by atoms with Crippen LogP contribution in [0.1, 0.15) is 25.6 Å². The third kappa shape index (κ3) is 4.67. The molecule has 2 aliphatic rings. The van der Waals surface area contributed by atoms with Crippen LogP contribution in [0.2, 0.25) is 0 Å². The van der Waals surface area contributed by atoms with Crippen LogP contribution in [0.4, 0.5) is 5.69 Å². The lowest BCUT2D eigenvalue weighted by Crippen LogP contribution is -2.47. The molecule has 0 atom stereocenters. The average molecular weight is 529 g/mol. The number of nitrogens with one attached hydrogen (secondary N) is 1. The fourth-order valence-corrected chi connectivity index (χ4v) is 5.40. The number of ether oxygens (including phenoxy) is 1. The third-order valence-electron chi connectivity index (χ3n) is 7.68. The zero-order valence-corrected chi connectivity index (χ0v) is 22.0. The smallest absolute Gasteiger partial charge is 0.343 e. The van der Waals surface area contributed by atoms with Gasteiger partial charge in [0.25, 0.3) is 0 Å². The molecule has 5 aromatic rings. The molecule has 0 amide bonds. The summed E-state index contributed by atoms with van der Waals surface area (Å²) in [5, 5.41) is 2.96. The molecule has 7 rings (SSSR count). The third-order valence-corrected chi connectivity index (χ3v) is 7.68. The van der Waals surface area contributed by atoms with Gasteiger partial charge in [-0.05, 0) is 62.1 Å². The van der Waals surface area contributed by atoms with Crippen molar-refractivity contribution in [3.63, 3.8) is 0 Å². The number of rotatable bonds is 9. The number of H-pyrrole nitrogens is 1. The van der Waals surface area contributed by atoms with E-state index in [1.807, 2.05) is 31.2 Å². The van der Waals surface area contributed by atoms with Gasteiger partial charge in [-0.3, -0.25) is 9.47 Å². The highest BCUT2D eigenvalue weighted by Crippen LogP contribution is 2.33. The van der Waals surface area contributed by atoms with Gasteiger partial charge in [-0.2, -0.15) is 4.98 Å². The Kier molecular flexibility index (Phi) is 6.07. The second-order valence-corrected chi connectivity index (χ2v) is 10.4. The molecule has 1 saturated heterocycles. The van der Waals surface area contributed by atoms with Gasteiger partial charge < -0.3 is 14.1 Å². The Morgan fingerprint density at radius 1 is 1.03 bits per heavy atom. The topological polar surface area (TPSA) is 110 Å². The largest absolute Gasteiger partial charge is 0.494 e. The molecule has 4 aromatic heterocycles. The summed E-state index contributed by atoms with van der Waals surface area (Å²) >= 11 is 0. The van der Waals surface area contributed by atoms with Gasteiger partial charge in [0.05, 0.1) is 12.9 Å². The fourth-order valence-electron chi connectivity index (χ4n) is 5.40. The maximum absolute atomic E-state index is 13.0. The lowest BCUT2D eigenvalue weighted by molar-refractivity contribution is 0.248. The summed E-state index contributed by atoms with van der Waals surface area (Å²) in [7, 11) is 0. The van der Waals surface area contributed by atoms with Gasteiger partial charge in [0.2, 0.25) is 5.78 Å². The Morgan fingerprint density at radius 2 is 1.85 bits per heavy atom. The molecule has 1 aliphatic carbocycles. The van der Waals surface area contributed by atoms with Gasteiger partial charge in [-0.15, -0.1) is 0 Å². The van der Waals surface area contributed by atoms with E-state index >= 15 is 0 Å². The highest BCUT2D eigenvalue weighted by molar-refractivity contribution is 5.88. The summed E-state index contributed by atoms with van der Waals surface area (Å²) in [6, 6.07) is 12.0. The molecule has 0 radical (unpaired) electrons. The van der Waals surface area contributed by atoms with E-state index in [0.717, 1.165) is 50.7 Å². The molecule has 1 aliphatic heterocycles. The van der Waals surface area contributed by atoms with Gasteiger partial charge in [0.1, 0.15) is 22.8 Å². The second-order valence-electron chi connectivity index (χ2n) is 10.4. The van der Waals surface area contributed by atoms with Crippen LogP contribution in [-0.4, -0.2) is 73.4 Å². The second kappa shape index (κ2) is 9.88. The first kappa shape index (κ1) is 24.0. The maximum Gasteiger partial charge on any atom is 0.343 e. The van der Waals surface area contributed by atoms with E-state index < -0.39 is 0 Å². The predicted octanol–water partition coefficient (Wildman–Crippen LogP) is 3.20. The summed E-state index contributed by atoms with van der Waals surface area (Å²) in [5.74, 6) is 3.51. The van der Waals surface area contributed by atoms with Gasteiger partial charge in [-0.25, -0.2) is 24.4 Å². The highest BCUT2D eigenvalue weighted by atomic mass is 16.5. The first-order chi connectivity index (χ1) is 19.2. The van der Waals surface area contributed by atoms with E-state index in [-0.39, 0.29) is 5.69 Å². The minimum atomic E-state index is -0.195. The molecule has 202 valence electrons. The Hall–Kier alpha value is -4.12. The molecule has 2 fully saturated rings. The van der Waals surface area contributed by atoms with Crippen molar-refractivity contribution < 1.29 is 9.15 Å². The Labute approximate surface area is 225 Å². The number of imidazole rings is 1. The van der Waals surface area contributed by atoms with Gasteiger partial charge in [0, 0.05) is 51.4 Å². The lowest BCUT2D eigenvalue weighted by atomic mass is 10.2. The van der Waals surface area contributed by atoms with Crippen LogP contribution in [0.25, 0.3) is 28.4 Å². The molecular weight excluding hydrogens is 496 g/mol. The fraction of sp³-hybridized carbons (Fsp3) is 0.429. The van der Waals surface area contributed by atoms with E-state index in [1.54, 1.807) is 15.3 Å². The van der Waals surface area contributed by atoms with E-state index in [0.29, 0.717) is 47.5 Å². The molecule has 39 heavy (non-hydrogen) atoms. The number of hydrogen-bond donors (Lipinski definition) is 1. The summed E-state index contributed by atoms with van der Waals surface area (Å²) in [6.45, 7) is 7.69. The number of anilines is 1. The van der Waals surface area contributed by atoms with Crippen molar-refractivity contribution in [1.29, 1.82) is 0 Å². The summed E-state index contributed by atoms with van der Waals surface area (Å²) in [5.41, 5.74) is 2.92. The monoisotopic (exact) mass is 528 g/mol. The summed E-state index contributed by atoms with van der Waals surface area (Å²) in [4.78, 5) is 32.2. The molecule has 1 saturated carbocycles. The van der Waals surface area contributed by atoms with E-state index in [2.05, 4.69) is 27.0 Å². The molecule has 0 bridgehead atoms. The standard InChI is InChI=1S/C28H32N8O3/c1-2-38-21-9-7-20(8-10-21)34-14-11-33(12-15-34)13-16-35-27-31-26-25(36(27)32-28(35)37)24(22-4-3-17-39-22)29-23(30-26)18-19-5-6-19/h3-4,7-10,17,19H,2,5-6,11-16,18H2,1H3,(H,32,37). The number of nitrogens with zero attached hydrogens (tertiary/aromatic N) is 7. The van der Waals surface area contributed by atoms with Gasteiger partial charge in [-0.1, -0.05) is 0 Å². The average Bonchev–Trinajstić information content (AvgIpc) is 3.32. The van der Waals surface area contributed by atoms with Crippen molar-refractivity contribution in [3.05, 3.63) is 59.0 Å². The minimum absolute atomic E-state index is 0.195. The number of aromatic amines is 1. The number of hydrogen-bond acceptors (Lipinski definition) is 8. The zero-order valence-electron chi connectivity index (χ0n) is 22.0. The SMILES string of the molecule is CCOc1ccc(N2CCN(CCn3c(=O)[nH]n4c5c(-c6ccco6)nc(CC6CC6)nc5nc34)CC2)cc1. The van der Waals surface area contributed by atoms with E-state index in [4.69, 9.17) is 24.1 Å². The first-order valence-electron chi connectivity index (χ1n) is 13.8. The lowest BCUT2D eigenvalue weighted by Gasteiger charge is -2.36. The van der Waals surface area contributed by atoms with E-state index in [9.17, 15) is 4.79 Å². The van der Waals surface area contributed by atoms with Crippen LogP contribution in [0.5, 0.6) is 5.75 Å². The van der Waals surface area contributed by atoms with Crippen LogP contribution in [0.3, 0.4) is 0 Å². The van der Waals surface area contributed by atoms with Crippen molar-refractivity contribution in [2.75, 3.05) is 44.2 Å². The van der Waals surface area contributed by atoms with Crippen LogP contribution >= 0.6 is 0 Å². The number of fused-ring (bicyclic) bond motifs is 3. The molecule has 1 N–H and O–H groups in total. The Balaban J connectivity index is 1.09. The van der Waals surface area contributed by atoms with Crippen molar-refractivity contribution in [3.8, 4) is 17.2 Å². The van der Waals surface area contributed by atoms with Crippen LogP contribution in [0.15, 0.2) is 51.9 Å². The summed E-state index contributed by atoms with van der Waals surface area (Å²) in [6.07, 6.45) is 4.90. The molecule has 11 nitrogen and oxygen atoms in total. The predicted molar refractivity (Wildman–Crippen MR) is 147 cm³/mol. The molecule has 0 unspecified atom stereocenters. The maximum atomic E-state index is 13.0. The first-order valence-corrected chi connectivity index (χ1v) is 13.8. The molecule has 1 aromatic carbocycles. The quantitative estimate of drug-likeness (QED) is 0.311. The van der Waals surface area contributed by atoms with Crippen LogP contribution < -0.4 is 15.3 Å². The summed E-state index contributed by atoms with van der Waals surface area (Å²) < 4.78 is 14.7.